The summed E-state index contributed by atoms with van der Waals surface area (Å²) in [6, 6.07) is 1.78. The molecule has 2 aromatic rings. The van der Waals surface area contributed by atoms with Crippen molar-refractivity contribution >= 4 is 5.91 Å². The van der Waals surface area contributed by atoms with Crippen molar-refractivity contribution in [3.05, 3.63) is 29.1 Å². The van der Waals surface area contributed by atoms with E-state index >= 15 is 0 Å². The predicted octanol–water partition coefficient (Wildman–Crippen LogP) is 1.56. The molecule has 4 rings (SSSR count). The van der Waals surface area contributed by atoms with Crippen LogP contribution >= 0.6 is 0 Å². The van der Waals surface area contributed by atoms with Gasteiger partial charge < -0.3 is 9.47 Å². The highest BCUT2D eigenvalue weighted by atomic mass is 19.4. The summed E-state index contributed by atoms with van der Waals surface area (Å²) in [6.07, 6.45) is -2.38. The zero-order chi connectivity index (χ0) is 17.1. The van der Waals surface area contributed by atoms with E-state index in [1.54, 1.807) is 13.1 Å². The fourth-order valence-corrected chi connectivity index (χ4v) is 2.97. The van der Waals surface area contributed by atoms with E-state index in [1.165, 1.54) is 9.58 Å². The number of carbonyl (C=O) groups is 1. The molecule has 3 heterocycles. The zero-order valence-electron chi connectivity index (χ0n) is 12.9. The summed E-state index contributed by atoms with van der Waals surface area (Å²) >= 11 is 0. The van der Waals surface area contributed by atoms with E-state index in [4.69, 9.17) is 0 Å². The number of hydrogen-bond acceptors (Lipinski definition) is 4. The third kappa shape index (κ3) is 2.45. The molecule has 0 bridgehead atoms. The SMILES string of the molecule is Cn1nc(C2CC2)cc1C(=O)N1CCn2c(nnc2C(F)(F)F)C1. The highest BCUT2D eigenvalue weighted by molar-refractivity contribution is 5.92. The van der Waals surface area contributed by atoms with Crippen LogP contribution in [-0.2, 0) is 26.3 Å². The van der Waals surface area contributed by atoms with Gasteiger partial charge in [0.1, 0.15) is 5.69 Å². The maximum absolute atomic E-state index is 12.9. The molecule has 0 N–H and O–H groups in total. The number of aromatic nitrogens is 5. The number of aryl methyl sites for hydroxylation is 1. The van der Waals surface area contributed by atoms with Gasteiger partial charge >= 0.3 is 6.18 Å². The molecule has 1 aliphatic heterocycles. The maximum atomic E-state index is 12.9. The van der Waals surface area contributed by atoms with Crippen molar-refractivity contribution in [3.63, 3.8) is 0 Å². The second-order valence-electron chi connectivity index (χ2n) is 6.17. The molecule has 1 aliphatic carbocycles. The summed E-state index contributed by atoms with van der Waals surface area (Å²) in [5.41, 5.74) is 1.35. The first-order chi connectivity index (χ1) is 11.3. The number of alkyl halides is 3. The summed E-state index contributed by atoms with van der Waals surface area (Å²) in [5.74, 6) is -0.691. The van der Waals surface area contributed by atoms with Crippen LogP contribution in [0.4, 0.5) is 13.2 Å². The molecule has 0 atom stereocenters. The molecule has 1 fully saturated rings. The molecule has 0 aromatic carbocycles. The molecule has 10 heteroatoms. The summed E-state index contributed by atoms with van der Waals surface area (Å²) in [6.45, 7) is 0.207. The first-order valence-electron chi connectivity index (χ1n) is 7.67. The number of nitrogens with zero attached hydrogens (tertiary/aromatic N) is 6. The fraction of sp³-hybridized carbons (Fsp3) is 0.571. The van der Waals surface area contributed by atoms with Crippen LogP contribution in [0.2, 0.25) is 0 Å². The summed E-state index contributed by atoms with van der Waals surface area (Å²) in [7, 11) is 1.70. The van der Waals surface area contributed by atoms with Crippen molar-refractivity contribution in [2.75, 3.05) is 6.54 Å². The molecular formula is C14H15F3N6O. The van der Waals surface area contributed by atoms with Gasteiger partial charge in [-0.1, -0.05) is 0 Å². The van der Waals surface area contributed by atoms with Gasteiger partial charge in [0.15, 0.2) is 5.82 Å². The van der Waals surface area contributed by atoms with Gasteiger partial charge in [-0.25, -0.2) is 0 Å². The van der Waals surface area contributed by atoms with Crippen LogP contribution in [0.5, 0.6) is 0 Å². The van der Waals surface area contributed by atoms with Gasteiger partial charge in [0.2, 0.25) is 5.82 Å². The van der Waals surface area contributed by atoms with E-state index in [9.17, 15) is 18.0 Å². The lowest BCUT2D eigenvalue weighted by atomic mass is 10.2. The summed E-state index contributed by atoms with van der Waals surface area (Å²) in [5, 5.41) is 11.2. The number of fused-ring (bicyclic) bond motifs is 1. The molecule has 128 valence electrons. The Labute approximate surface area is 135 Å². The van der Waals surface area contributed by atoms with Gasteiger partial charge in [-0.05, 0) is 18.9 Å². The van der Waals surface area contributed by atoms with E-state index in [0.29, 0.717) is 11.6 Å². The van der Waals surface area contributed by atoms with E-state index in [2.05, 4.69) is 15.3 Å². The minimum absolute atomic E-state index is 0.00581. The summed E-state index contributed by atoms with van der Waals surface area (Å²) in [4.78, 5) is 14.2. The molecule has 1 saturated carbocycles. The monoisotopic (exact) mass is 340 g/mol. The largest absolute Gasteiger partial charge is 0.451 e. The van der Waals surface area contributed by atoms with Crippen LogP contribution in [0, 0.1) is 0 Å². The normalized spacial score (nSPS) is 17.9. The van der Waals surface area contributed by atoms with Gasteiger partial charge in [-0.2, -0.15) is 18.3 Å². The topological polar surface area (TPSA) is 68.8 Å². The first-order valence-corrected chi connectivity index (χ1v) is 7.67. The van der Waals surface area contributed by atoms with Crippen molar-refractivity contribution in [3.8, 4) is 0 Å². The Morgan fingerprint density at radius 3 is 2.67 bits per heavy atom. The van der Waals surface area contributed by atoms with Crippen molar-refractivity contribution in [1.29, 1.82) is 0 Å². The Kier molecular flexibility index (Phi) is 3.19. The second-order valence-corrected chi connectivity index (χ2v) is 6.17. The number of carbonyl (C=O) groups excluding carboxylic acids is 1. The highest BCUT2D eigenvalue weighted by Crippen LogP contribution is 2.39. The van der Waals surface area contributed by atoms with E-state index in [0.717, 1.165) is 23.1 Å². The molecule has 0 radical (unpaired) electrons. The molecule has 2 aromatic heterocycles. The Hall–Kier alpha value is -2.39. The van der Waals surface area contributed by atoms with Crippen molar-refractivity contribution < 1.29 is 18.0 Å². The van der Waals surface area contributed by atoms with Crippen LogP contribution in [0.15, 0.2) is 6.07 Å². The van der Waals surface area contributed by atoms with Gasteiger partial charge in [-0.3, -0.25) is 9.48 Å². The Morgan fingerprint density at radius 2 is 2.00 bits per heavy atom. The zero-order valence-corrected chi connectivity index (χ0v) is 12.9. The average Bonchev–Trinajstić information content (AvgIpc) is 3.16. The van der Waals surface area contributed by atoms with E-state index in [1.807, 2.05) is 0 Å². The average molecular weight is 340 g/mol. The van der Waals surface area contributed by atoms with Crippen LogP contribution < -0.4 is 0 Å². The fourth-order valence-electron chi connectivity index (χ4n) is 2.97. The number of rotatable bonds is 2. The number of hydrogen-bond donors (Lipinski definition) is 0. The lowest BCUT2D eigenvalue weighted by molar-refractivity contribution is -0.147. The first kappa shape index (κ1) is 15.2. The standard InChI is InChI=1S/C14H15F3N6O/c1-21-10(6-9(20-21)8-2-3-8)12(24)22-4-5-23-11(7-22)18-19-13(23)14(15,16)17/h6,8H,2-5,7H2,1H3. The molecule has 0 saturated heterocycles. The van der Waals surface area contributed by atoms with E-state index in [-0.39, 0.29) is 31.4 Å². The van der Waals surface area contributed by atoms with Crippen molar-refractivity contribution in [2.45, 2.75) is 38.0 Å². The minimum atomic E-state index is -4.54. The number of halogens is 3. The third-order valence-corrected chi connectivity index (χ3v) is 4.41. The van der Waals surface area contributed by atoms with Crippen molar-refractivity contribution in [2.24, 2.45) is 7.05 Å². The molecule has 7 nitrogen and oxygen atoms in total. The Morgan fingerprint density at radius 1 is 1.25 bits per heavy atom. The third-order valence-electron chi connectivity index (χ3n) is 4.41. The molecule has 1 amide bonds. The predicted molar refractivity (Wildman–Crippen MR) is 74.9 cm³/mol. The van der Waals surface area contributed by atoms with Crippen LogP contribution in [0.3, 0.4) is 0 Å². The quantitative estimate of drug-likeness (QED) is 0.832. The van der Waals surface area contributed by atoms with Gasteiger partial charge in [0.05, 0.1) is 12.2 Å². The number of amides is 1. The summed E-state index contributed by atoms with van der Waals surface area (Å²) < 4.78 is 41.1. The molecule has 0 spiro atoms. The van der Waals surface area contributed by atoms with Gasteiger partial charge in [0.25, 0.3) is 5.91 Å². The van der Waals surface area contributed by atoms with E-state index < -0.39 is 12.0 Å². The molecule has 2 aliphatic rings. The lowest BCUT2D eigenvalue weighted by Crippen LogP contribution is -2.40. The maximum Gasteiger partial charge on any atom is 0.451 e. The van der Waals surface area contributed by atoms with Crippen LogP contribution in [0.25, 0.3) is 0 Å². The Balaban J connectivity index is 1.56. The van der Waals surface area contributed by atoms with Crippen molar-refractivity contribution in [1.82, 2.24) is 29.4 Å². The smallest absolute Gasteiger partial charge is 0.328 e. The van der Waals surface area contributed by atoms with Crippen LogP contribution in [0.1, 0.15) is 46.6 Å². The minimum Gasteiger partial charge on any atom is -0.328 e. The molecule has 24 heavy (non-hydrogen) atoms. The lowest BCUT2D eigenvalue weighted by Gasteiger charge is -2.27. The highest BCUT2D eigenvalue weighted by Gasteiger charge is 2.40. The Bertz CT molecular complexity index is 804. The van der Waals surface area contributed by atoms with Crippen LogP contribution in [-0.4, -0.2) is 41.9 Å². The van der Waals surface area contributed by atoms with Gasteiger partial charge in [0, 0.05) is 26.1 Å². The molecule has 0 unspecified atom stereocenters. The molecular weight excluding hydrogens is 325 g/mol. The second kappa shape index (κ2) is 5.05. The van der Waals surface area contributed by atoms with Gasteiger partial charge in [-0.15, -0.1) is 10.2 Å².